The number of nitrogens with one attached hydrogen (secondary N) is 2. The number of nitrogens with zero attached hydrogens (tertiary/aromatic N) is 3. The number of hydrogen-bond acceptors (Lipinski definition) is 7. The van der Waals surface area contributed by atoms with E-state index in [1.165, 1.54) is 18.4 Å². The van der Waals surface area contributed by atoms with Crippen molar-refractivity contribution in [2.24, 2.45) is 5.92 Å². The predicted octanol–water partition coefficient (Wildman–Crippen LogP) is 5.25. The first-order valence-corrected chi connectivity index (χ1v) is 12.9. The predicted molar refractivity (Wildman–Crippen MR) is 144 cm³/mol. The zero-order valence-corrected chi connectivity index (χ0v) is 21.5. The highest BCUT2D eigenvalue weighted by molar-refractivity contribution is 5.90. The monoisotopic (exact) mass is 477 g/mol. The van der Waals surface area contributed by atoms with Gasteiger partial charge in [-0.15, -0.1) is 0 Å². The molecule has 0 radical (unpaired) electrons. The SMILES string of the molecule is CCOc1ccc(CNC[C@H]2CC[C@@H](Nc3nc(N(C)C)c4ccccc4n3)CC2)cc1OCC. The van der Waals surface area contributed by atoms with Crippen molar-refractivity contribution >= 4 is 22.7 Å². The summed E-state index contributed by atoms with van der Waals surface area (Å²) in [5.41, 5.74) is 2.20. The fourth-order valence-electron chi connectivity index (χ4n) is 4.78. The molecular formula is C28H39N5O2. The summed E-state index contributed by atoms with van der Waals surface area (Å²) in [6.07, 6.45) is 4.67. The molecule has 0 bridgehead atoms. The zero-order chi connectivity index (χ0) is 24.6. The van der Waals surface area contributed by atoms with E-state index in [1.807, 2.05) is 46.1 Å². The molecule has 188 valence electrons. The van der Waals surface area contributed by atoms with Crippen LogP contribution in [0.2, 0.25) is 0 Å². The lowest BCUT2D eigenvalue weighted by Gasteiger charge is -2.29. The first-order valence-electron chi connectivity index (χ1n) is 12.9. The summed E-state index contributed by atoms with van der Waals surface area (Å²) in [5, 5.41) is 8.34. The average Bonchev–Trinajstić information content (AvgIpc) is 2.86. The number of hydrogen-bond donors (Lipinski definition) is 2. The smallest absolute Gasteiger partial charge is 0.225 e. The van der Waals surface area contributed by atoms with Gasteiger partial charge >= 0.3 is 0 Å². The van der Waals surface area contributed by atoms with E-state index in [1.54, 1.807) is 0 Å². The van der Waals surface area contributed by atoms with Gasteiger partial charge in [-0.3, -0.25) is 0 Å². The summed E-state index contributed by atoms with van der Waals surface area (Å²) < 4.78 is 11.4. The van der Waals surface area contributed by atoms with Gasteiger partial charge in [0.2, 0.25) is 5.95 Å². The lowest BCUT2D eigenvalue weighted by atomic mass is 9.86. The Bertz CT molecular complexity index is 1100. The van der Waals surface area contributed by atoms with E-state index in [-0.39, 0.29) is 0 Å². The van der Waals surface area contributed by atoms with E-state index < -0.39 is 0 Å². The van der Waals surface area contributed by atoms with E-state index in [0.717, 1.165) is 60.1 Å². The Morgan fingerprint density at radius 1 is 0.914 bits per heavy atom. The van der Waals surface area contributed by atoms with Crippen molar-refractivity contribution in [3.05, 3.63) is 48.0 Å². The summed E-state index contributed by atoms with van der Waals surface area (Å²) in [7, 11) is 4.06. The van der Waals surface area contributed by atoms with Crippen LogP contribution in [-0.2, 0) is 6.54 Å². The molecule has 0 atom stereocenters. The maximum absolute atomic E-state index is 5.76. The highest BCUT2D eigenvalue weighted by Crippen LogP contribution is 2.30. The largest absolute Gasteiger partial charge is 0.490 e. The van der Waals surface area contributed by atoms with E-state index in [9.17, 15) is 0 Å². The maximum Gasteiger partial charge on any atom is 0.225 e. The number of fused-ring (bicyclic) bond motifs is 1. The van der Waals surface area contributed by atoms with Gasteiger partial charge in [-0.05, 0) is 81.8 Å². The molecule has 0 spiro atoms. The third kappa shape index (κ3) is 6.54. The quantitative estimate of drug-likeness (QED) is 0.391. The molecule has 1 aromatic heterocycles. The fourth-order valence-corrected chi connectivity index (χ4v) is 4.78. The second-order valence-electron chi connectivity index (χ2n) is 9.42. The normalized spacial score (nSPS) is 17.8. The van der Waals surface area contributed by atoms with Crippen molar-refractivity contribution in [2.45, 2.75) is 52.1 Å². The van der Waals surface area contributed by atoms with Gasteiger partial charge in [0.15, 0.2) is 11.5 Å². The number of ether oxygens (including phenoxy) is 2. The molecule has 2 N–H and O–H groups in total. The Balaban J connectivity index is 1.26. The Kier molecular flexibility index (Phi) is 8.64. The van der Waals surface area contributed by atoms with Crippen molar-refractivity contribution in [3.8, 4) is 11.5 Å². The van der Waals surface area contributed by atoms with Gasteiger partial charge in [0, 0.05) is 32.1 Å². The van der Waals surface area contributed by atoms with Crippen LogP contribution < -0.4 is 25.0 Å². The van der Waals surface area contributed by atoms with Crippen LogP contribution in [0.3, 0.4) is 0 Å². The lowest BCUT2D eigenvalue weighted by molar-refractivity contribution is 0.287. The summed E-state index contributed by atoms with van der Waals surface area (Å²) in [6.45, 7) is 7.13. The summed E-state index contributed by atoms with van der Waals surface area (Å²) in [4.78, 5) is 11.6. The highest BCUT2D eigenvalue weighted by Gasteiger charge is 2.22. The van der Waals surface area contributed by atoms with E-state index in [4.69, 9.17) is 19.4 Å². The van der Waals surface area contributed by atoms with Gasteiger partial charge < -0.3 is 25.0 Å². The summed E-state index contributed by atoms with van der Waals surface area (Å²) in [5.74, 6) is 4.02. The minimum atomic E-state index is 0.419. The fraction of sp³-hybridized carbons (Fsp3) is 0.500. The molecule has 1 saturated carbocycles. The molecule has 0 amide bonds. The summed E-state index contributed by atoms with van der Waals surface area (Å²) >= 11 is 0. The van der Waals surface area contributed by atoms with Crippen LogP contribution in [0.4, 0.5) is 11.8 Å². The highest BCUT2D eigenvalue weighted by atomic mass is 16.5. The zero-order valence-electron chi connectivity index (χ0n) is 21.5. The van der Waals surface area contributed by atoms with E-state index >= 15 is 0 Å². The Morgan fingerprint density at radius 2 is 1.66 bits per heavy atom. The standard InChI is InChI=1S/C28H39N5O2/c1-5-34-25-16-13-21(17-26(25)35-6-2)19-29-18-20-11-14-22(15-12-20)30-28-31-24-10-8-7-9-23(24)27(32-28)33(3)4/h7-10,13,16-17,20,22,29H,5-6,11-12,14-15,18-19H2,1-4H3,(H,30,31,32)/t20-,22+. The minimum absolute atomic E-state index is 0.419. The number of anilines is 2. The van der Waals surface area contributed by atoms with E-state index in [2.05, 4.69) is 39.8 Å². The Labute approximate surface area is 209 Å². The molecule has 2 aromatic carbocycles. The molecule has 35 heavy (non-hydrogen) atoms. The summed E-state index contributed by atoms with van der Waals surface area (Å²) in [6, 6.07) is 14.8. The first-order chi connectivity index (χ1) is 17.1. The van der Waals surface area contributed by atoms with Gasteiger partial charge in [-0.2, -0.15) is 4.98 Å². The van der Waals surface area contributed by atoms with Crippen molar-refractivity contribution in [1.29, 1.82) is 0 Å². The van der Waals surface area contributed by atoms with Gasteiger partial charge in [-0.1, -0.05) is 18.2 Å². The van der Waals surface area contributed by atoms with E-state index in [0.29, 0.717) is 25.2 Å². The third-order valence-corrected chi connectivity index (χ3v) is 6.56. The van der Waals surface area contributed by atoms with Crippen LogP contribution in [0.15, 0.2) is 42.5 Å². The van der Waals surface area contributed by atoms with Gasteiger partial charge in [0.25, 0.3) is 0 Å². The van der Waals surface area contributed by atoms with Crippen LogP contribution in [0.5, 0.6) is 11.5 Å². The number of aromatic nitrogens is 2. The van der Waals surface area contributed by atoms with Gasteiger partial charge in [-0.25, -0.2) is 4.98 Å². The molecule has 1 aliphatic carbocycles. The van der Waals surface area contributed by atoms with Crippen LogP contribution in [-0.4, -0.2) is 49.9 Å². The number of benzene rings is 2. The Morgan fingerprint density at radius 3 is 2.40 bits per heavy atom. The van der Waals surface area contributed by atoms with Crippen molar-refractivity contribution < 1.29 is 9.47 Å². The van der Waals surface area contributed by atoms with Gasteiger partial charge in [0.05, 0.1) is 18.7 Å². The molecule has 7 heteroatoms. The number of para-hydroxylation sites is 1. The maximum atomic E-state index is 5.76. The van der Waals surface area contributed by atoms with Gasteiger partial charge in [0.1, 0.15) is 5.82 Å². The number of rotatable bonds is 11. The molecule has 0 unspecified atom stereocenters. The molecule has 7 nitrogen and oxygen atoms in total. The Hall–Kier alpha value is -3.06. The third-order valence-electron chi connectivity index (χ3n) is 6.56. The van der Waals surface area contributed by atoms with Crippen LogP contribution >= 0.6 is 0 Å². The van der Waals surface area contributed by atoms with Crippen molar-refractivity contribution in [3.63, 3.8) is 0 Å². The van der Waals surface area contributed by atoms with Crippen LogP contribution in [0.1, 0.15) is 45.1 Å². The van der Waals surface area contributed by atoms with Crippen molar-refractivity contribution in [1.82, 2.24) is 15.3 Å². The topological polar surface area (TPSA) is 71.5 Å². The molecule has 1 aliphatic rings. The van der Waals surface area contributed by atoms with Crippen LogP contribution in [0, 0.1) is 5.92 Å². The molecular weight excluding hydrogens is 438 g/mol. The van der Waals surface area contributed by atoms with Crippen LogP contribution in [0.25, 0.3) is 10.9 Å². The minimum Gasteiger partial charge on any atom is -0.490 e. The average molecular weight is 478 g/mol. The molecule has 1 fully saturated rings. The second-order valence-corrected chi connectivity index (χ2v) is 9.42. The molecule has 0 aliphatic heterocycles. The lowest BCUT2D eigenvalue weighted by Crippen LogP contribution is -2.31. The molecule has 0 saturated heterocycles. The molecule has 4 rings (SSSR count). The first kappa shape index (κ1) is 25.0. The molecule has 1 heterocycles. The van der Waals surface area contributed by atoms with Crippen molar-refractivity contribution in [2.75, 3.05) is 44.1 Å². The second kappa shape index (κ2) is 12.1. The molecule has 3 aromatic rings.